The Kier molecular flexibility index (Phi) is 6.41. The van der Waals surface area contributed by atoms with E-state index >= 15 is 0 Å². The van der Waals surface area contributed by atoms with Crippen molar-refractivity contribution in [1.29, 1.82) is 0 Å². The maximum atomic E-state index is 12.1. The van der Waals surface area contributed by atoms with Crippen LogP contribution in [0.25, 0.3) is 22.3 Å². The van der Waals surface area contributed by atoms with Crippen LogP contribution >= 0.6 is 0 Å². The van der Waals surface area contributed by atoms with Crippen molar-refractivity contribution in [2.45, 2.75) is 27.1 Å². The summed E-state index contributed by atoms with van der Waals surface area (Å²) in [5.74, 6) is -0.306. The van der Waals surface area contributed by atoms with Gasteiger partial charge in [0.05, 0.1) is 6.61 Å². The second-order valence-corrected chi connectivity index (χ2v) is 6.64. The molecule has 0 heterocycles. The molecule has 3 aromatic carbocycles. The summed E-state index contributed by atoms with van der Waals surface area (Å²) in [6.45, 7) is 3.80. The van der Waals surface area contributed by atoms with E-state index in [0.29, 0.717) is 5.57 Å². The van der Waals surface area contributed by atoms with Crippen molar-refractivity contribution in [2.75, 3.05) is 0 Å². The molecule has 3 aromatic rings. The molecule has 0 spiro atoms. The summed E-state index contributed by atoms with van der Waals surface area (Å²) in [4.78, 5) is 12.1. The number of hydrogen-bond donors (Lipinski definition) is 1. The van der Waals surface area contributed by atoms with Gasteiger partial charge in [-0.1, -0.05) is 72.8 Å². The number of esters is 1. The first kappa shape index (κ1) is 19.6. The fourth-order valence-electron chi connectivity index (χ4n) is 2.97. The van der Waals surface area contributed by atoms with Crippen LogP contribution in [0, 0.1) is 0 Å². The molecule has 0 aliphatic carbocycles. The lowest BCUT2D eigenvalue weighted by molar-refractivity contribution is -0.140. The molecule has 0 radical (unpaired) electrons. The lowest BCUT2D eigenvalue weighted by Gasteiger charge is -2.13. The fraction of sp³-hybridized carbons (Fsp3) is 0.160. The molecule has 0 saturated heterocycles. The van der Waals surface area contributed by atoms with Crippen LogP contribution in [0.2, 0.25) is 0 Å². The smallest absolute Gasteiger partial charge is 0.333 e. The largest absolute Gasteiger partial charge is 0.457 e. The van der Waals surface area contributed by atoms with E-state index in [0.717, 1.165) is 33.4 Å². The lowest BCUT2D eigenvalue weighted by atomic mass is 9.95. The Morgan fingerprint density at radius 2 is 1.61 bits per heavy atom. The van der Waals surface area contributed by atoms with Crippen LogP contribution in [0.1, 0.15) is 25.0 Å². The lowest BCUT2D eigenvalue weighted by Crippen LogP contribution is -2.06. The Morgan fingerprint density at radius 1 is 0.929 bits per heavy atom. The zero-order chi connectivity index (χ0) is 19.9. The van der Waals surface area contributed by atoms with Gasteiger partial charge in [0.2, 0.25) is 0 Å². The molecular formula is C25H24O3. The van der Waals surface area contributed by atoms with Gasteiger partial charge in [-0.15, -0.1) is 0 Å². The number of hydrogen-bond acceptors (Lipinski definition) is 3. The predicted molar refractivity (Wildman–Crippen MR) is 112 cm³/mol. The summed E-state index contributed by atoms with van der Waals surface area (Å²) < 4.78 is 5.53. The molecule has 3 heteroatoms. The number of aliphatic hydroxyl groups excluding tert-OH is 1. The first-order chi connectivity index (χ1) is 13.6. The first-order valence-corrected chi connectivity index (χ1v) is 9.31. The maximum Gasteiger partial charge on any atom is 0.333 e. The van der Waals surface area contributed by atoms with Gasteiger partial charge in [0.15, 0.2) is 0 Å². The monoisotopic (exact) mass is 372 g/mol. The molecule has 3 rings (SSSR count). The van der Waals surface area contributed by atoms with Crippen LogP contribution in [-0.2, 0) is 22.7 Å². The minimum atomic E-state index is -0.306. The zero-order valence-corrected chi connectivity index (χ0v) is 16.2. The quantitative estimate of drug-likeness (QED) is 0.458. The number of carbonyl (C=O) groups excluding carboxylic acids is 1. The maximum absolute atomic E-state index is 12.1. The number of benzene rings is 3. The van der Waals surface area contributed by atoms with E-state index < -0.39 is 0 Å². The molecule has 0 bridgehead atoms. The minimum absolute atomic E-state index is 0.0265. The van der Waals surface area contributed by atoms with Crippen molar-refractivity contribution in [3.8, 4) is 22.3 Å². The topological polar surface area (TPSA) is 46.5 Å². The van der Waals surface area contributed by atoms with E-state index in [1.54, 1.807) is 13.0 Å². The van der Waals surface area contributed by atoms with Crippen molar-refractivity contribution in [2.24, 2.45) is 0 Å². The van der Waals surface area contributed by atoms with Crippen LogP contribution in [0.5, 0.6) is 0 Å². The highest BCUT2D eigenvalue weighted by molar-refractivity contribution is 5.87. The molecule has 28 heavy (non-hydrogen) atoms. The number of aliphatic hydroxyl groups is 1. The predicted octanol–water partition coefficient (Wildman–Crippen LogP) is 5.52. The fourth-order valence-corrected chi connectivity index (χ4v) is 2.97. The van der Waals surface area contributed by atoms with Crippen molar-refractivity contribution in [3.63, 3.8) is 0 Å². The third-order valence-corrected chi connectivity index (χ3v) is 4.77. The molecule has 0 aromatic heterocycles. The highest BCUT2D eigenvalue weighted by Crippen LogP contribution is 2.30. The van der Waals surface area contributed by atoms with E-state index in [-0.39, 0.29) is 19.2 Å². The molecule has 1 N–H and O–H groups in total. The Balaban J connectivity index is 1.97. The molecule has 0 amide bonds. The SMILES string of the molecule is C/C=C(\C)C(=O)OCc1cc(-c2ccc(CO)cc2)ccc1-c1ccccc1. The summed E-state index contributed by atoms with van der Waals surface area (Å²) >= 11 is 0. The van der Waals surface area contributed by atoms with Gasteiger partial charge in [-0.2, -0.15) is 0 Å². The van der Waals surface area contributed by atoms with Gasteiger partial charge < -0.3 is 9.84 Å². The number of rotatable bonds is 6. The van der Waals surface area contributed by atoms with E-state index in [1.807, 2.05) is 61.5 Å². The molecule has 0 unspecified atom stereocenters. The third-order valence-electron chi connectivity index (χ3n) is 4.77. The molecule has 0 aliphatic rings. The van der Waals surface area contributed by atoms with E-state index in [1.165, 1.54) is 0 Å². The summed E-state index contributed by atoms with van der Waals surface area (Å²) in [5.41, 5.74) is 6.64. The van der Waals surface area contributed by atoms with E-state index in [9.17, 15) is 9.90 Å². The van der Waals surface area contributed by atoms with E-state index in [4.69, 9.17) is 4.74 Å². The first-order valence-electron chi connectivity index (χ1n) is 9.31. The molecule has 3 nitrogen and oxygen atoms in total. The van der Waals surface area contributed by atoms with Gasteiger partial charge in [0.1, 0.15) is 6.61 Å². The number of allylic oxidation sites excluding steroid dienone is 1. The van der Waals surface area contributed by atoms with Crippen LogP contribution < -0.4 is 0 Å². The van der Waals surface area contributed by atoms with E-state index in [2.05, 4.69) is 18.2 Å². The van der Waals surface area contributed by atoms with Crippen LogP contribution in [0.4, 0.5) is 0 Å². The van der Waals surface area contributed by atoms with Crippen LogP contribution in [0.15, 0.2) is 84.4 Å². The Morgan fingerprint density at radius 3 is 2.25 bits per heavy atom. The van der Waals surface area contributed by atoms with Gasteiger partial charge >= 0.3 is 5.97 Å². The van der Waals surface area contributed by atoms with Gasteiger partial charge in [-0.25, -0.2) is 4.79 Å². The standard InChI is InChI=1S/C25H24O3/c1-3-18(2)25(27)28-17-23-15-22(20-11-9-19(16-26)10-12-20)13-14-24(23)21-7-5-4-6-8-21/h3-15,26H,16-17H2,1-2H3/b18-3+. The van der Waals surface area contributed by atoms with Crippen molar-refractivity contribution in [1.82, 2.24) is 0 Å². The van der Waals surface area contributed by atoms with Gasteiger partial charge in [-0.05, 0) is 53.3 Å². The summed E-state index contributed by atoms with van der Waals surface area (Å²) in [6, 6.07) is 24.1. The molecule has 0 saturated carbocycles. The molecule has 0 aliphatic heterocycles. The normalized spacial score (nSPS) is 11.3. The molecule has 0 fully saturated rings. The highest BCUT2D eigenvalue weighted by atomic mass is 16.5. The van der Waals surface area contributed by atoms with Crippen molar-refractivity contribution < 1.29 is 14.6 Å². The molecule has 0 atom stereocenters. The van der Waals surface area contributed by atoms with Gasteiger partial charge in [0.25, 0.3) is 0 Å². The average molecular weight is 372 g/mol. The van der Waals surface area contributed by atoms with Crippen molar-refractivity contribution >= 4 is 5.97 Å². The van der Waals surface area contributed by atoms with Crippen molar-refractivity contribution in [3.05, 3.63) is 95.6 Å². The van der Waals surface area contributed by atoms with Crippen LogP contribution in [-0.4, -0.2) is 11.1 Å². The zero-order valence-electron chi connectivity index (χ0n) is 16.2. The summed E-state index contributed by atoms with van der Waals surface area (Å²) in [5, 5.41) is 9.24. The summed E-state index contributed by atoms with van der Waals surface area (Å²) in [7, 11) is 0. The minimum Gasteiger partial charge on any atom is -0.457 e. The third kappa shape index (κ3) is 4.56. The highest BCUT2D eigenvalue weighted by Gasteiger charge is 2.11. The van der Waals surface area contributed by atoms with Crippen LogP contribution in [0.3, 0.4) is 0 Å². The summed E-state index contributed by atoms with van der Waals surface area (Å²) in [6.07, 6.45) is 1.75. The second kappa shape index (κ2) is 9.16. The Bertz CT molecular complexity index is 970. The number of ether oxygens (including phenoxy) is 1. The molecule has 142 valence electrons. The van der Waals surface area contributed by atoms with Gasteiger partial charge in [0, 0.05) is 5.57 Å². The molecular weight excluding hydrogens is 348 g/mol. The Labute approximate surface area is 165 Å². The Hall–Kier alpha value is -3.17. The second-order valence-electron chi connectivity index (χ2n) is 6.64. The average Bonchev–Trinajstić information content (AvgIpc) is 2.77. The number of carbonyl (C=O) groups is 1. The van der Waals surface area contributed by atoms with Gasteiger partial charge in [-0.3, -0.25) is 0 Å².